The molecule has 0 aliphatic rings. The van der Waals surface area contributed by atoms with Crippen molar-refractivity contribution in [3.05, 3.63) is 12.7 Å². The molecular weight excluding hydrogens is 110 g/mol. The van der Waals surface area contributed by atoms with Gasteiger partial charge in [-0.25, -0.2) is 4.39 Å². The van der Waals surface area contributed by atoms with Crippen molar-refractivity contribution in [1.82, 2.24) is 0 Å². The number of allylic oxidation sites excluding steroid dienone is 1. The summed E-state index contributed by atoms with van der Waals surface area (Å²) < 4.78 is 12.4. The summed E-state index contributed by atoms with van der Waals surface area (Å²) >= 11 is 0. The van der Waals surface area contributed by atoms with Gasteiger partial charge in [0.25, 0.3) is 0 Å². The van der Waals surface area contributed by atoms with Crippen molar-refractivity contribution in [2.75, 3.05) is 0 Å². The third kappa shape index (κ3) is 2.76. The van der Waals surface area contributed by atoms with E-state index in [4.69, 9.17) is 0 Å². The standard InChI is InChI=1S/C5H10FP/c1-3-5(6,7)4-2/h3H,1,4,7H2,2H3. The Kier molecular flexibility index (Phi) is 2.45. The van der Waals surface area contributed by atoms with Crippen LogP contribution in [-0.4, -0.2) is 5.41 Å². The van der Waals surface area contributed by atoms with Crippen molar-refractivity contribution < 1.29 is 4.39 Å². The summed E-state index contributed by atoms with van der Waals surface area (Å²) in [5, 5.41) is -1.24. The fourth-order valence-corrected chi connectivity index (χ4v) is 0.144. The molecule has 2 unspecified atom stereocenters. The third-order valence-corrected chi connectivity index (χ3v) is 1.53. The Hall–Kier alpha value is 0.100. The number of hydrogen-bond acceptors (Lipinski definition) is 0. The molecule has 42 valence electrons. The molecule has 2 atom stereocenters. The largest absolute Gasteiger partial charge is 0.235 e. The summed E-state index contributed by atoms with van der Waals surface area (Å²) in [4.78, 5) is 0. The van der Waals surface area contributed by atoms with Crippen LogP contribution in [0.15, 0.2) is 12.7 Å². The minimum atomic E-state index is -1.24. The van der Waals surface area contributed by atoms with Crippen LogP contribution in [0.4, 0.5) is 4.39 Å². The lowest BCUT2D eigenvalue weighted by molar-refractivity contribution is 0.346. The number of hydrogen-bond donors (Lipinski definition) is 0. The van der Waals surface area contributed by atoms with Gasteiger partial charge in [0.05, 0.1) is 0 Å². The van der Waals surface area contributed by atoms with Gasteiger partial charge in [-0.2, -0.15) is 0 Å². The summed E-state index contributed by atoms with van der Waals surface area (Å²) in [7, 11) is 2.08. The predicted octanol–water partition coefficient (Wildman–Crippen LogP) is 2.12. The summed E-state index contributed by atoms with van der Waals surface area (Å²) in [6.45, 7) is 5.08. The molecule has 0 nitrogen and oxygen atoms in total. The van der Waals surface area contributed by atoms with Gasteiger partial charge in [0, 0.05) is 0 Å². The molecule has 0 aromatic heterocycles. The van der Waals surface area contributed by atoms with E-state index in [9.17, 15) is 4.39 Å². The monoisotopic (exact) mass is 120 g/mol. The van der Waals surface area contributed by atoms with E-state index in [1.165, 1.54) is 6.08 Å². The molecule has 0 fully saturated rings. The Morgan fingerprint density at radius 2 is 2.43 bits per heavy atom. The lowest BCUT2D eigenvalue weighted by Crippen LogP contribution is -2.04. The molecule has 0 saturated carbocycles. The lowest BCUT2D eigenvalue weighted by atomic mass is 10.3. The average Bonchev–Trinajstić information content (AvgIpc) is 1.68. The van der Waals surface area contributed by atoms with Crippen LogP contribution in [0.3, 0.4) is 0 Å². The fourth-order valence-electron chi connectivity index (χ4n) is 0.144. The lowest BCUT2D eigenvalue weighted by Gasteiger charge is -2.09. The zero-order valence-corrected chi connectivity index (χ0v) is 5.60. The first-order valence-corrected chi connectivity index (χ1v) is 2.81. The van der Waals surface area contributed by atoms with Gasteiger partial charge >= 0.3 is 0 Å². The predicted molar refractivity (Wildman–Crippen MR) is 34.0 cm³/mol. The summed E-state index contributed by atoms with van der Waals surface area (Å²) in [6.07, 6.45) is 1.76. The van der Waals surface area contributed by atoms with Crippen molar-refractivity contribution in [2.24, 2.45) is 0 Å². The highest BCUT2D eigenvalue weighted by molar-refractivity contribution is 7.18. The van der Waals surface area contributed by atoms with Gasteiger partial charge < -0.3 is 0 Å². The maximum absolute atomic E-state index is 12.4. The van der Waals surface area contributed by atoms with Gasteiger partial charge in [0.1, 0.15) is 5.41 Å². The van der Waals surface area contributed by atoms with E-state index in [0.717, 1.165) is 0 Å². The molecule has 0 spiro atoms. The Labute approximate surface area is 46.0 Å². The van der Waals surface area contributed by atoms with E-state index in [1.54, 1.807) is 6.92 Å². The average molecular weight is 120 g/mol. The molecule has 0 aromatic rings. The maximum Gasteiger partial charge on any atom is 0.141 e. The molecule has 0 amide bonds. The number of halogens is 1. The van der Waals surface area contributed by atoms with Crippen molar-refractivity contribution in [3.63, 3.8) is 0 Å². The minimum Gasteiger partial charge on any atom is -0.235 e. The highest BCUT2D eigenvalue weighted by Gasteiger charge is 2.13. The van der Waals surface area contributed by atoms with E-state index in [1.807, 2.05) is 0 Å². The van der Waals surface area contributed by atoms with Gasteiger partial charge in [-0.15, -0.1) is 0 Å². The Morgan fingerprint density at radius 1 is 2.00 bits per heavy atom. The quantitative estimate of drug-likeness (QED) is 0.386. The minimum absolute atomic E-state index is 0.473. The van der Waals surface area contributed by atoms with Crippen LogP contribution in [0.5, 0.6) is 0 Å². The van der Waals surface area contributed by atoms with Gasteiger partial charge in [0.2, 0.25) is 0 Å². The molecule has 0 heterocycles. The van der Waals surface area contributed by atoms with Crippen LogP contribution in [0.2, 0.25) is 0 Å². The Morgan fingerprint density at radius 3 is 2.43 bits per heavy atom. The van der Waals surface area contributed by atoms with Gasteiger partial charge in [-0.05, 0) is 6.42 Å². The van der Waals surface area contributed by atoms with Crippen LogP contribution in [0.25, 0.3) is 0 Å². The van der Waals surface area contributed by atoms with Gasteiger partial charge in [0.15, 0.2) is 0 Å². The first kappa shape index (κ1) is 7.10. The normalized spacial score (nSPS) is 18.1. The second kappa shape index (κ2) is 2.42. The van der Waals surface area contributed by atoms with E-state index < -0.39 is 5.41 Å². The third-order valence-electron chi connectivity index (χ3n) is 0.881. The molecule has 0 saturated heterocycles. The van der Waals surface area contributed by atoms with Gasteiger partial charge in [-0.3, -0.25) is 0 Å². The van der Waals surface area contributed by atoms with E-state index >= 15 is 0 Å². The zero-order chi connectivity index (χ0) is 5.91. The SMILES string of the molecule is C=CC(F)(P)CC. The Bertz CT molecular complexity index is 68.5. The van der Waals surface area contributed by atoms with Crippen LogP contribution >= 0.6 is 9.24 Å². The molecule has 7 heavy (non-hydrogen) atoms. The molecule has 0 bridgehead atoms. The number of rotatable bonds is 2. The molecule has 0 aliphatic heterocycles. The summed E-state index contributed by atoms with van der Waals surface area (Å²) in [5.74, 6) is 0. The molecule has 0 aliphatic carbocycles. The molecule has 0 N–H and O–H groups in total. The summed E-state index contributed by atoms with van der Waals surface area (Å²) in [6, 6.07) is 0. The topological polar surface area (TPSA) is 0 Å². The molecular formula is C5H10FP. The van der Waals surface area contributed by atoms with E-state index in [-0.39, 0.29) is 0 Å². The van der Waals surface area contributed by atoms with Gasteiger partial charge in [-0.1, -0.05) is 28.8 Å². The van der Waals surface area contributed by atoms with Crippen molar-refractivity contribution in [2.45, 2.75) is 18.8 Å². The van der Waals surface area contributed by atoms with Crippen LogP contribution in [0, 0.1) is 0 Å². The molecule has 0 radical (unpaired) electrons. The molecule has 2 heteroatoms. The number of alkyl halides is 1. The maximum atomic E-state index is 12.4. The van der Waals surface area contributed by atoms with Crippen LogP contribution in [0.1, 0.15) is 13.3 Å². The second-order valence-electron chi connectivity index (χ2n) is 1.48. The highest BCUT2D eigenvalue weighted by atomic mass is 31.0. The highest BCUT2D eigenvalue weighted by Crippen LogP contribution is 2.24. The van der Waals surface area contributed by atoms with Crippen LogP contribution < -0.4 is 0 Å². The van der Waals surface area contributed by atoms with E-state index in [0.29, 0.717) is 6.42 Å². The smallest absolute Gasteiger partial charge is 0.141 e. The van der Waals surface area contributed by atoms with Crippen molar-refractivity contribution in [3.8, 4) is 0 Å². The van der Waals surface area contributed by atoms with Crippen LogP contribution in [-0.2, 0) is 0 Å². The van der Waals surface area contributed by atoms with Crippen molar-refractivity contribution in [1.29, 1.82) is 0 Å². The first-order valence-electron chi connectivity index (χ1n) is 2.24. The van der Waals surface area contributed by atoms with Crippen molar-refractivity contribution >= 4 is 9.24 Å². The second-order valence-corrected chi connectivity index (χ2v) is 2.44. The first-order chi connectivity index (χ1) is 3.12. The Balaban J connectivity index is 3.58. The summed E-state index contributed by atoms with van der Waals surface area (Å²) in [5.41, 5.74) is 0. The van der Waals surface area contributed by atoms with E-state index in [2.05, 4.69) is 15.8 Å². The molecule has 0 aromatic carbocycles. The fraction of sp³-hybridized carbons (Fsp3) is 0.600. The zero-order valence-electron chi connectivity index (χ0n) is 4.45. The molecule has 0 rings (SSSR count).